The number of nitrogens with one attached hydrogen (secondary N) is 1. The van der Waals surface area contributed by atoms with Crippen molar-refractivity contribution in [3.8, 4) is 0 Å². The molecule has 0 aromatic rings. The van der Waals surface area contributed by atoms with Gasteiger partial charge in [-0.2, -0.15) is 0 Å². The SMILES string of the molecule is CNC(C1CCCCCC1)C1CC2CC2C1. The second kappa shape index (κ2) is 4.68. The minimum Gasteiger partial charge on any atom is -0.316 e. The standard InChI is InChI=1S/C15H27N/c1-16-15(11-6-4-2-3-5-7-11)14-9-12-8-13(12)10-14/h11-16H,2-10H2,1H3. The molecule has 1 nitrogen and oxygen atoms in total. The smallest absolute Gasteiger partial charge is 0.0121 e. The Hall–Kier alpha value is -0.0400. The minimum absolute atomic E-state index is 0.853. The Morgan fingerprint density at radius 2 is 1.44 bits per heavy atom. The lowest BCUT2D eigenvalue weighted by Gasteiger charge is -2.32. The molecule has 3 saturated carbocycles. The van der Waals surface area contributed by atoms with Gasteiger partial charge in [-0.25, -0.2) is 0 Å². The number of hydrogen-bond acceptors (Lipinski definition) is 1. The summed E-state index contributed by atoms with van der Waals surface area (Å²) >= 11 is 0. The molecule has 3 atom stereocenters. The fraction of sp³-hybridized carbons (Fsp3) is 1.00. The van der Waals surface area contributed by atoms with Gasteiger partial charge in [0, 0.05) is 6.04 Å². The number of fused-ring (bicyclic) bond motifs is 1. The van der Waals surface area contributed by atoms with E-state index in [1.807, 2.05) is 0 Å². The molecule has 0 bridgehead atoms. The van der Waals surface area contributed by atoms with Gasteiger partial charge in [-0.1, -0.05) is 25.7 Å². The van der Waals surface area contributed by atoms with E-state index in [1.165, 1.54) is 38.5 Å². The first-order valence-corrected chi connectivity index (χ1v) is 7.55. The Kier molecular flexibility index (Phi) is 3.24. The van der Waals surface area contributed by atoms with Gasteiger partial charge in [-0.05, 0) is 62.8 Å². The van der Waals surface area contributed by atoms with Gasteiger partial charge in [0.05, 0.1) is 0 Å². The molecule has 92 valence electrons. The van der Waals surface area contributed by atoms with Gasteiger partial charge < -0.3 is 5.32 Å². The van der Waals surface area contributed by atoms with Gasteiger partial charge in [0.2, 0.25) is 0 Å². The van der Waals surface area contributed by atoms with Gasteiger partial charge >= 0.3 is 0 Å². The summed E-state index contributed by atoms with van der Waals surface area (Å²) in [5.41, 5.74) is 0. The lowest BCUT2D eigenvalue weighted by atomic mass is 9.81. The van der Waals surface area contributed by atoms with E-state index in [0.29, 0.717) is 0 Å². The first-order chi connectivity index (χ1) is 7.88. The molecule has 3 aliphatic carbocycles. The molecule has 0 amide bonds. The highest BCUT2D eigenvalue weighted by Gasteiger charge is 2.48. The van der Waals surface area contributed by atoms with Crippen molar-refractivity contribution in [1.82, 2.24) is 5.32 Å². The van der Waals surface area contributed by atoms with Crippen LogP contribution in [0.1, 0.15) is 57.8 Å². The van der Waals surface area contributed by atoms with Gasteiger partial charge in [0.1, 0.15) is 0 Å². The quantitative estimate of drug-likeness (QED) is 0.718. The van der Waals surface area contributed by atoms with Crippen LogP contribution in [-0.4, -0.2) is 13.1 Å². The first-order valence-electron chi connectivity index (χ1n) is 7.55. The predicted molar refractivity (Wildman–Crippen MR) is 68.4 cm³/mol. The highest BCUT2D eigenvalue weighted by molar-refractivity contribution is 5.00. The molecule has 3 aliphatic rings. The number of hydrogen-bond donors (Lipinski definition) is 1. The topological polar surface area (TPSA) is 12.0 Å². The maximum atomic E-state index is 3.68. The van der Waals surface area contributed by atoms with Crippen molar-refractivity contribution in [2.75, 3.05) is 7.05 Å². The third kappa shape index (κ3) is 2.16. The zero-order chi connectivity index (χ0) is 11.0. The Morgan fingerprint density at radius 1 is 0.812 bits per heavy atom. The molecular formula is C15H27N. The molecule has 0 saturated heterocycles. The molecule has 3 rings (SSSR count). The average molecular weight is 221 g/mol. The monoisotopic (exact) mass is 221 g/mol. The Balaban J connectivity index is 1.60. The summed E-state index contributed by atoms with van der Waals surface area (Å²) in [6.45, 7) is 0. The third-order valence-electron chi connectivity index (χ3n) is 5.53. The third-order valence-corrected chi connectivity index (χ3v) is 5.53. The molecule has 0 radical (unpaired) electrons. The molecule has 0 aliphatic heterocycles. The van der Waals surface area contributed by atoms with Gasteiger partial charge in [-0.3, -0.25) is 0 Å². The summed E-state index contributed by atoms with van der Waals surface area (Å²) in [7, 11) is 2.21. The van der Waals surface area contributed by atoms with Crippen molar-refractivity contribution in [2.24, 2.45) is 23.7 Å². The molecule has 0 aromatic heterocycles. The lowest BCUT2D eigenvalue weighted by molar-refractivity contribution is 0.237. The van der Waals surface area contributed by atoms with Crippen LogP contribution in [0.15, 0.2) is 0 Å². The Labute approximate surface area is 100 Å². The van der Waals surface area contributed by atoms with Crippen molar-refractivity contribution in [3.05, 3.63) is 0 Å². The molecule has 3 unspecified atom stereocenters. The number of rotatable bonds is 3. The summed E-state index contributed by atoms with van der Waals surface area (Å²) in [6, 6.07) is 0.853. The average Bonchev–Trinajstić information content (AvgIpc) is 2.99. The summed E-state index contributed by atoms with van der Waals surface area (Å²) in [4.78, 5) is 0. The van der Waals surface area contributed by atoms with Crippen molar-refractivity contribution < 1.29 is 0 Å². The fourth-order valence-electron chi connectivity index (χ4n) is 4.58. The molecule has 16 heavy (non-hydrogen) atoms. The van der Waals surface area contributed by atoms with E-state index < -0.39 is 0 Å². The fourth-order valence-corrected chi connectivity index (χ4v) is 4.58. The summed E-state index contributed by atoms with van der Waals surface area (Å²) < 4.78 is 0. The van der Waals surface area contributed by atoms with Crippen LogP contribution in [0, 0.1) is 23.7 Å². The van der Waals surface area contributed by atoms with Gasteiger partial charge in [-0.15, -0.1) is 0 Å². The van der Waals surface area contributed by atoms with E-state index in [2.05, 4.69) is 12.4 Å². The van der Waals surface area contributed by atoms with Crippen LogP contribution in [0.5, 0.6) is 0 Å². The lowest BCUT2D eigenvalue weighted by Crippen LogP contribution is -2.39. The molecule has 0 spiro atoms. The zero-order valence-electron chi connectivity index (χ0n) is 10.8. The maximum absolute atomic E-state index is 3.68. The van der Waals surface area contributed by atoms with Crippen molar-refractivity contribution in [2.45, 2.75) is 63.8 Å². The largest absolute Gasteiger partial charge is 0.316 e. The second-order valence-corrected chi connectivity index (χ2v) is 6.55. The van der Waals surface area contributed by atoms with E-state index in [-0.39, 0.29) is 0 Å². The molecule has 1 heteroatoms. The van der Waals surface area contributed by atoms with Crippen molar-refractivity contribution in [3.63, 3.8) is 0 Å². The van der Waals surface area contributed by atoms with Crippen LogP contribution in [0.3, 0.4) is 0 Å². The van der Waals surface area contributed by atoms with Crippen LogP contribution in [0.4, 0.5) is 0 Å². The van der Waals surface area contributed by atoms with E-state index >= 15 is 0 Å². The predicted octanol–water partition coefficient (Wildman–Crippen LogP) is 3.59. The normalized spacial score (nSPS) is 41.4. The Bertz CT molecular complexity index is 220. The first kappa shape index (κ1) is 11.1. The molecule has 0 aromatic carbocycles. The van der Waals surface area contributed by atoms with Crippen molar-refractivity contribution in [1.29, 1.82) is 0 Å². The highest BCUT2D eigenvalue weighted by atomic mass is 14.9. The van der Waals surface area contributed by atoms with Crippen molar-refractivity contribution >= 4 is 0 Å². The van der Waals surface area contributed by atoms with Crippen LogP contribution in [0.25, 0.3) is 0 Å². The van der Waals surface area contributed by atoms with E-state index in [1.54, 1.807) is 19.3 Å². The zero-order valence-corrected chi connectivity index (χ0v) is 10.8. The maximum Gasteiger partial charge on any atom is 0.0121 e. The van der Waals surface area contributed by atoms with Gasteiger partial charge in [0.25, 0.3) is 0 Å². The van der Waals surface area contributed by atoms with E-state index in [0.717, 1.165) is 29.7 Å². The van der Waals surface area contributed by atoms with Crippen LogP contribution < -0.4 is 5.32 Å². The van der Waals surface area contributed by atoms with Crippen LogP contribution in [-0.2, 0) is 0 Å². The minimum atomic E-state index is 0.853. The Morgan fingerprint density at radius 3 is 2.00 bits per heavy atom. The van der Waals surface area contributed by atoms with Crippen LogP contribution in [0.2, 0.25) is 0 Å². The second-order valence-electron chi connectivity index (χ2n) is 6.55. The highest BCUT2D eigenvalue weighted by Crippen LogP contribution is 2.56. The molecule has 3 fully saturated rings. The summed E-state index contributed by atoms with van der Waals surface area (Å²) in [5.74, 6) is 4.31. The van der Waals surface area contributed by atoms with E-state index in [4.69, 9.17) is 0 Å². The summed E-state index contributed by atoms with van der Waals surface area (Å²) in [6.07, 6.45) is 13.6. The van der Waals surface area contributed by atoms with Crippen LogP contribution >= 0.6 is 0 Å². The molecular weight excluding hydrogens is 194 g/mol. The molecule has 1 N–H and O–H groups in total. The van der Waals surface area contributed by atoms with Gasteiger partial charge in [0.15, 0.2) is 0 Å². The summed E-state index contributed by atoms with van der Waals surface area (Å²) in [5, 5.41) is 3.68. The molecule has 0 heterocycles. The van der Waals surface area contributed by atoms with E-state index in [9.17, 15) is 0 Å².